The SMILES string of the molecule is NNC(CCC1CC1)c1ccc(Cl)c(Br)c1. The van der Waals surface area contributed by atoms with Crippen molar-refractivity contribution in [3.63, 3.8) is 0 Å². The smallest absolute Gasteiger partial charge is 0.0548 e. The first-order chi connectivity index (χ1) is 7.70. The van der Waals surface area contributed by atoms with Gasteiger partial charge in [-0.1, -0.05) is 30.5 Å². The number of halogens is 2. The highest BCUT2D eigenvalue weighted by Gasteiger charge is 2.22. The Morgan fingerprint density at radius 1 is 1.50 bits per heavy atom. The molecule has 0 aliphatic heterocycles. The van der Waals surface area contributed by atoms with Crippen molar-refractivity contribution >= 4 is 27.5 Å². The van der Waals surface area contributed by atoms with Gasteiger partial charge in [0.2, 0.25) is 0 Å². The van der Waals surface area contributed by atoms with Gasteiger partial charge in [-0.05, 0) is 52.4 Å². The highest BCUT2D eigenvalue weighted by atomic mass is 79.9. The lowest BCUT2D eigenvalue weighted by molar-refractivity contribution is 0.482. The number of hydrazine groups is 1. The van der Waals surface area contributed by atoms with Crippen LogP contribution in [0.1, 0.15) is 37.3 Å². The van der Waals surface area contributed by atoms with Crippen molar-refractivity contribution < 1.29 is 0 Å². The fourth-order valence-corrected chi connectivity index (χ4v) is 2.40. The molecule has 0 aromatic heterocycles. The molecule has 0 radical (unpaired) electrons. The van der Waals surface area contributed by atoms with Gasteiger partial charge in [0.25, 0.3) is 0 Å². The second kappa shape index (κ2) is 5.50. The molecule has 2 rings (SSSR count). The Balaban J connectivity index is 2.02. The van der Waals surface area contributed by atoms with Gasteiger partial charge in [-0.2, -0.15) is 0 Å². The Hall–Kier alpha value is -0.0900. The molecule has 2 nitrogen and oxygen atoms in total. The van der Waals surface area contributed by atoms with Crippen molar-refractivity contribution in [2.45, 2.75) is 31.7 Å². The van der Waals surface area contributed by atoms with Crippen molar-refractivity contribution in [3.05, 3.63) is 33.3 Å². The van der Waals surface area contributed by atoms with Gasteiger partial charge in [0.15, 0.2) is 0 Å². The monoisotopic (exact) mass is 302 g/mol. The van der Waals surface area contributed by atoms with Crippen molar-refractivity contribution in [2.24, 2.45) is 11.8 Å². The van der Waals surface area contributed by atoms with E-state index >= 15 is 0 Å². The zero-order chi connectivity index (χ0) is 11.5. The molecule has 1 aliphatic rings. The maximum Gasteiger partial charge on any atom is 0.0548 e. The summed E-state index contributed by atoms with van der Waals surface area (Å²) in [5, 5.41) is 0.738. The van der Waals surface area contributed by atoms with Gasteiger partial charge in [0, 0.05) is 10.5 Å². The molecule has 16 heavy (non-hydrogen) atoms. The van der Waals surface area contributed by atoms with Crippen LogP contribution in [0.15, 0.2) is 22.7 Å². The highest BCUT2D eigenvalue weighted by molar-refractivity contribution is 9.10. The molecule has 1 fully saturated rings. The summed E-state index contributed by atoms with van der Waals surface area (Å²) in [6, 6.07) is 6.21. The van der Waals surface area contributed by atoms with Gasteiger partial charge in [-0.15, -0.1) is 0 Å². The summed E-state index contributed by atoms with van der Waals surface area (Å²) in [5.41, 5.74) is 4.08. The van der Waals surface area contributed by atoms with Crippen molar-refractivity contribution in [1.29, 1.82) is 0 Å². The topological polar surface area (TPSA) is 38.0 Å². The van der Waals surface area contributed by atoms with Crippen LogP contribution in [0.4, 0.5) is 0 Å². The molecule has 4 heteroatoms. The van der Waals surface area contributed by atoms with Crippen LogP contribution in [-0.4, -0.2) is 0 Å². The Bertz CT molecular complexity index is 366. The minimum absolute atomic E-state index is 0.231. The van der Waals surface area contributed by atoms with E-state index in [0.29, 0.717) is 0 Å². The van der Waals surface area contributed by atoms with E-state index in [-0.39, 0.29) is 6.04 Å². The largest absolute Gasteiger partial charge is 0.271 e. The van der Waals surface area contributed by atoms with Crippen molar-refractivity contribution in [3.8, 4) is 0 Å². The minimum Gasteiger partial charge on any atom is -0.271 e. The first-order valence-corrected chi connectivity index (χ1v) is 6.79. The van der Waals surface area contributed by atoms with Gasteiger partial charge in [0.05, 0.1) is 5.02 Å². The fourth-order valence-electron chi connectivity index (χ4n) is 1.88. The highest BCUT2D eigenvalue weighted by Crippen LogP contribution is 2.36. The Morgan fingerprint density at radius 3 is 2.81 bits per heavy atom. The summed E-state index contributed by atoms with van der Waals surface area (Å²) in [6.45, 7) is 0. The summed E-state index contributed by atoms with van der Waals surface area (Å²) < 4.78 is 0.929. The van der Waals surface area contributed by atoms with Crippen LogP contribution in [0.3, 0.4) is 0 Å². The maximum atomic E-state index is 5.97. The second-order valence-electron chi connectivity index (χ2n) is 4.41. The van der Waals surface area contributed by atoms with Crippen LogP contribution in [0.2, 0.25) is 5.02 Å². The van der Waals surface area contributed by atoms with Crippen molar-refractivity contribution in [2.75, 3.05) is 0 Å². The van der Waals surface area contributed by atoms with Crippen LogP contribution in [-0.2, 0) is 0 Å². The Labute approximate surface area is 110 Å². The predicted octanol–water partition coefficient (Wildman–Crippen LogP) is 3.80. The normalized spacial score (nSPS) is 17.4. The molecule has 0 saturated heterocycles. The molecule has 1 aliphatic carbocycles. The van der Waals surface area contributed by atoms with E-state index in [1.54, 1.807) is 0 Å². The number of benzene rings is 1. The quantitative estimate of drug-likeness (QED) is 0.641. The number of nitrogens with one attached hydrogen (secondary N) is 1. The second-order valence-corrected chi connectivity index (χ2v) is 5.68. The van der Waals surface area contributed by atoms with Gasteiger partial charge in [-0.3, -0.25) is 11.3 Å². The van der Waals surface area contributed by atoms with E-state index in [0.717, 1.165) is 21.8 Å². The third kappa shape index (κ3) is 3.20. The van der Waals surface area contributed by atoms with Gasteiger partial charge in [0.1, 0.15) is 0 Å². The minimum atomic E-state index is 0.231. The van der Waals surface area contributed by atoms with Gasteiger partial charge < -0.3 is 0 Å². The summed E-state index contributed by atoms with van der Waals surface area (Å²) in [7, 11) is 0. The van der Waals surface area contributed by atoms with Gasteiger partial charge in [-0.25, -0.2) is 0 Å². The van der Waals surface area contributed by atoms with E-state index in [1.807, 2.05) is 18.2 Å². The van der Waals surface area contributed by atoms with Crippen LogP contribution < -0.4 is 11.3 Å². The molecule has 0 spiro atoms. The lowest BCUT2D eigenvalue weighted by atomic mass is 10.0. The first-order valence-electron chi connectivity index (χ1n) is 5.62. The lowest BCUT2D eigenvalue weighted by Gasteiger charge is -2.16. The summed E-state index contributed by atoms with van der Waals surface area (Å²) in [6.07, 6.45) is 5.13. The van der Waals surface area contributed by atoms with E-state index in [4.69, 9.17) is 17.4 Å². The molecular weight excluding hydrogens is 288 g/mol. The maximum absolute atomic E-state index is 5.97. The zero-order valence-electron chi connectivity index (χ0n) is 9.05. The summed E-state index contributed by atoms with van der Waals surface area (Å²) in [4.78, 5) is 0. The van der Waals surface area contributed by atoms with E-state index in [2.05, 4.69) is 21.4 Å². The molecule has 1 aromatic carbocycles. The number of hydrogen-bond acceptors (Lipinski definition) is 2. The molecule has 0 heterocycles. The van der Waals surface area contributed by atoms with E-state index in [1.165, 1.54) is 24.8 Å². The molecular formula is C12H16BrClN2. The third-order valence-corrected chi connectivity index (χ3v) is 4.32. The Kier molecular flexibility index (Phi) is 4.25. The van der Waals surface area contributed by atoms with Crippen molar-refractivity contribution in [1.82, 2.24) is 5.43 Å². The zero-order valence-corrected chi connectivity index (χ0v) is 11.4. The standard InChI is InChI=1S/C12H16BrClN2/c13-10-7-9(4-5-11(10)14)12(16-15)6-3-8-1-2-8/h4-5,7-8,12,16H,1-3,6,15H2. The number of rotatable bonds is 5. The molecule has 0 amide bonds. The number of nitrogens with two attached hydrogens (primary N) is 1. The molecule has 1 atom stereocenters. The van der Waals surface area contributed by atoms with Crippen LogP contribution in [0, 0.1) is 5.92 Å². The molecule has 88 valence electrons. The molecule has 3 N–H and O–H groups in total. The summed E-state index contributed by atoms with van der Waals surface area (Å²) in [5.74, 6) is 6.54. The molecule has 1 unspecified atom stereocenters. The van der Waals surface area contributed by atoms with E-state index in [9.17, 15) is 0 Å². The summed E-state index contributed by atoms with van der Waals surface area (Å²) >= 11 is 9.40. The van der Waals surface area contributed by atoms with E-state index < -0.39 is 0 Å². The van der Waals surface area contributed by atoms with Crippen LogP contribution in [0.5, 0.6) is 0 Å². The van der Waals surface area contributed by atoms with Gasteiger partial charge >= 0.3 is 0 Å². The number of hydrogen-bond donors (Lipinski definition) is 2. The molecule has 1 aromatic rings. The fraction of sp³-hybridized carbons (Fsp3) is 0.500. The van der Waals surface area contributed by atoms with Crippen LogP contribution >= 0.6 is 27.5 Å². The first kappa shape index (κ1) is 12.4. The lowest BCUT2D eigenvalue weighted by Crippen LogP contribution is -2.28. The van der Waals surface area contributed by atoms with Crippen LogP contribution in [0.25, 0.3) is 0 Å². The average molecular weight is 304 g/mol. The molecule has 0 bridgehead atoms. The molecule has 1 saturated carbocycles. The Morgan fingerprint density at radius 2 is 2.25 bits per heavy atom. The third-order valence-electron chi connectivity index (χ3n) is 3.11. The average Bonchev–Trinajstić information content (AvgIpc) is 3.08. The predicted molar refractivity (Wildman–Crippen MR) is 71.2 cm³/mol.